The number of aromatic nitrogens is 2. The maximum atomic E-state index is 13.2. The Morgan fingerprint density at radius 3 is 2.49 bits per heavy atom. The minimum Gasteiger partial charge on any atom is -0.487 e. The van der Waals surface area contributed by atoms with Gasteiger partial charge in [-0.05, 0) is 69.3 Å². The smallest absolute Gasteiger partial charge is 0.338 e. The van der Waals surface area contributed by atoms with E-state index in [4.69, 9.17) is 9.47 Å². The van der Waals surface area contributed by atoms with Gasteiger partial charge < -0.3 is 24.2 Å². The molecule has 45 heavy (non-hydrogen) atoms. The summed E-state index contributed by atoms with van der Waals surface area (Å²) in [6.07, 6.45) is 1.79. The Labute approximate surface area is 262 Å². The third-order valence-corrected chi connectivity index (χ3v) is 8.50. The topological polar surface area (TPSA) is 89.3 Å². The molecule has 4 aromatic rings. The zero-order chi connectivity index (χ0) is 31.3. The van der Waals surface area contributed by atoms with E-state index in [0.717, 1.165) is 78.5 Å². The van der Waals surface area contributed by atoms with Gasteiger partial charge in [-0.2, -0.15) is 0 Å². The molecular weight excluding hydrogens is 570 g/mol. The van der Waals surface area contributed by atoms with Crippen molar-refractivity contribution in [2.24, 2.45) is 7.05 Å². The fourth-order valence-corrected chi connectivity index (χ4v) is 6.16. The Bertz CT molecular complexity index is 1780. The van der Waals surface area contributed by atoms with Crippen LogP contribution >= 0.6 is 0 Å². The highest BCUT2D eigenvalue weighted by Crippen LogP contribution is 2.40. The largest absolute Gasteiger partial charge is 0.487 e. The summed E-state index contributed by atoms with van der Waals surface area (Å²) in [7, 11) is 1.52. The summed E-state index contributed by atoms with van der Waals surface area (Å²) in [4.78, 5) is 45.4. The molecule has 0 bridgehead atoms. The van der Waals surface area contributed by atoms with E-state index in [0.29, 0.717) is 31.1 Å². The van der Waals surface area contributed by atoms with Crippen molar-refractivity contribution in [3.63, 3.8) is 0 Å². The predicted molar refractivity (Wildman–Crippen MR) is 175 cm³/mol. The lowest BCUT2D eigenvalue weighted by molar-refractivity contribution is 0.0526. The average molecular weight is 610 g/mol. The van der Waals surface area contributed by atoms with Gasteiger partial charge in [0.1, 0.15) is 18.2 Å². The Morgan fingerprint density at radius 2 is 1.67 bits per heavy atom. The number of nitrogens with zero attached hydrogens (tertiary/aromatic N) is 5. The number of anilines is 3. The Balaban J connectivity index is 1.18. The summed E-state index contributed by atoms with van der Waals surface area (Å²) in [6.45, 7) is 7.36. The van der Waals surface area contributed by atoms with Crippen LogP contribution in [0.3, 0.4) is 0 Å². The van der Waals surface area contributed by atoms with E-state index in [-0.39, 0.29) is 17.2 Å². The second-order valence-electron chi connectivity index (χ2n) is 11.4. The standard InChI is InChI=1S/C35H39N5O5/c1-3-44-34(42)26-15-16-31-30(23-26)39(29-14-8-7-11-27(29)25-45-31)20-10-18-37-17-9-19-38(22-21-37)32-24-33(41)36(2)35(43)40(32)28-12-5-4-6-13-28/h4-8,11-16,23-24H,3,9-10,17-22,25H2,1-2H3. The van der Waals surface area contributed by atoms with Gasteiger partial charge in [0.15, 0.2) is 0 Å². The molecular formula is C35H39N5O5. The molecule has 0 aliphatic carbocycles. The molecule has 234 valence electrons. The van der Waals surface area contributed by atoms with Crippen molar-refractivity contribution in [2.75, 3.05) is 55.7 Å². The number of hydrogen-bond donors (Lipinski definition) is 0. The Morgan fingerprint density at radius 1 is 0.867 bits per heavy atom. The van der Waals surface area contributed by atoms with Crippen LogP contribution < -0.4 is 25.8 Å². The molecule has 0 unspecified atom stereocenters. The number of carbonyl (C=O) groups excluding carboxylic acids is 1. The first-order valence-corrected chi connectivity index (χ1v) is 15.6. The second-order valence-corrected chi connectivity index (χ2v) is 11.4. The molecule has 0 amide bonds. The number of ether oxygens (including phenoxy) is 2. The first kappa shape index (κ1) is 30.2. The van der Waals surface area contributed by atoms with Crippen LogP contribution in [-0.4, -0.2) is 65.9 Å². The van der Waals surface area contributed by atoms with Gasteiger partial charge in [-0.3, -0.25) is 9.36 Å². The van der Waals surface area contributed by atoms with Crippen LogP contribution in [0, 0.1) is 0 Å². The van der Waals surface area contributed by atoms with E-state index < -0.39 is 0 Å². The summed E-state index contributed by atoms with van der Waals surface area (Å²) in [6, 6.07) is 24.8. The van der Waals surface area contributed by atoms with Crippen LogP contribution in [0.1, 0.15) is 35.7 Å². The predicted octanol–water partition coefficient (Wildman–Crippen LogP) is 4.35. The monoisotopic (exact) mass is 609 g/mol. The SMILES string of the molecule is CCOC(=O)c1ccc2c(c1)N(CCCN1CCCN(c3cc(=O)n(C)c(=O)n3-c3ccccc3)CC1)c1ccccc1CO2. The van der Waals surface area contributed by atoms with E-state index >= 15 is 0 Å². The molecule has 0 radical (unpaired) electrons. The van der Waals surface area contributed by atoms with Crippen LogP contribution in [0.25, 0.3) is 5.69 Å². The maximum absolute atomic E-state index is 13.2. The second kappa shape index (κ2) is 13.4. The Hall–Kier alpha value is -4.83. The molecule has 1 aromatic heterocycles. The number of esters is 1. The van der Waals surface area contributed by atoms with Crippen molar-refractivity contribution in [1.29, 1.82) is 0 Å². The summed E-state index contributed by atoms with van der Waals surface area (Å²) < 4.78 is 14.2. The van der Waals surface area contributed by atoms with Crippen molar-refractivity contribution in [1.82, 2.24) is 14.0 Å². The molecule has 0 spiro atoms. The van der Waals surface area contributed by atoms with Gasteiger partial charge in [-0.1, -0.05) is 36.4 Å². The highest BCUT2D eigenvalue weighted by molar-refractivity contribution is 5.92. The van der Waals surface area contributed by atoms with Gasteiger partial charge in [0, 0.05) is 50.5 Å². The third kappa shape index (κ3) is 6.37. The molecule has 2 aliphatic heterocycles. The maximum Gasteiger partial charge on any atom is 0.338 e. The molecule has 3 heterocycles. The minimum atomic E-state index is -0.349. The molecule has 2 aliphatic rings. The van der Waals surface area contributed by atoms with Gasteiger partial charge in [0.25, 0.3) is 5.56 Å². The molecule has 3 aromatic carbocycles. The number of benzene rings is 3. The molecule has 1 saturated heterocycles. The van der Waals surface area contributed by atoms with Crippen molar-refractivity contribution >= 4 is 23.2 Å². The van der Waals surface area contributed by atoms with Crippen LogP contribution in [0.15, 0.2) is 88.5 Å². The summed E-state index contributed by atoms with van der Waals surface area (Å²) in [5.74, 6) is 1.02. The quantitative estimate of drug-likeness (QED) is 0.273. The van der Waals surface area contributed by atoms with E-state index in [9.17, 15) is 14.4 Å². The fourth-order valence-electron chi connectivity index (χ4n) is 6.16. The highest BCUT2D eigenvalue weighted by Gasteiger charge is 2.25. The summed E-state index contributed by atoms with van der Waals surface area (Å²) >= 11 is 0. The lowest BCUT2D eigenvalue weighted by Gasteiger charge is -2.28. The first-order valence-electron chi connectivity index (χ1n) is 15.6. The van der Waals surface area contributed by atoms with Crippen molar-refractivity contribution < 1.29 is 14.3 Å². The minimum absolute atomic E-state index is 0.309. The van der Waals surface area contributed by atoms with E-state index in [1.54, 1.807) is 23.6 Å². The highest BCUT2D eigenvalue weighted by atomic mass is 16.5. The van der Waals surface area contributed by atoms with Crippen LogP contribution in [0.2, 0.25) is 0 Å². The van der Waals surface area contributed by atoms with Gasteiger partial charge >= 0.3 is 11.7 Å². The molecule has 0 N–H and O–H groups in total. The van der Waals surface area contributed by atoms with E-state index in [1.807, 2.05) is 54.6 Å². The zero-order valence-corrected chi connectivity index (χ0v) is 25.9. The van der Waals surface area contributed by atoms with E-state index in [1.165, 1.54) is 7.05 Å². The molecule has 0 saturated carbocycles. The number of carbonyl (C=O) groups is 1. The molecule has 0 atom stereocenters. The fraction of sp³-hybridized carbons (Fsp3) is 0.343. The van der Waals surface area contributed by atoms with Crippen molar-refractivity contribution in [2.45, 2.75) is 26.4 Å². The van der Waals surface area contributed by atoms with Crippen LogP contribution in [0.4, 0.5) is 17.2 Å². The van der Waals surface area contributed by atoms with Gasteiger partial charge in [0.2, 0.25) is 0 Å². The molecule has 10 heteroatoms. The normalized spacial score (nSPS) is 15.0. The summed E-state index contributed by atoms with van der Waals surface area (Å²) in [5.41, 5.74) is 3.61. The molecule has 10 nitrogen and oxygen atoms in total. The number of fused-ring (bicyclic) bond motifs is 2. The number of para-hydroxylation sites is 2. The third-order valence-electron chi connectivity index (χ3n) is 8.50. The molecule has 1 fully saturated rings. The first-order chi connectivity index (χ1) is 21.9. The van der Waals surface area contributed by atoms with Crippen molar-refractivity contribution in [3.8, 4) is 11.4 Å². The number of hydrogen-bond acceptors (Lipinski definition) is 8. The van der Waals surface area contributed by atoms with Crippen LogP contribution in [-0.2, 0) is 18.4 Å². The van der Waals surface area contributed by atoms with Gasteiger partial charge in [0.05, 0.1) is 23.5 Å². The van der Waals surface area contributed by atoms with Crippen molar-refractivity contribution in [3.05, 3.63) is 111 Å². The lowest BCUT2D eigenvalue weighted by atomic mass is 10.1. The zero-order valence-electron chi connectivity index (χ0n) is 25.9. The number of rotatable bonds is 8. The van der Waals surface area contributed by atoms with Crippen LogP contribution in [0.5, 0.6) is 5.75 Å². The average Bonchev–Trinajstić information content (AvgIpc) is 3.39. The summed E-state index contributed by atoms with van der Waals surface area (Å²) in [5, 5.41) is 0. The lowest BCUT2D eigenvalue weighted by Crippen LogP contribution is -2.42. The van der Waals surface area contributed by atoms with E-state index in [2.05, 4.69) is 26.8 Å². The molecule has 6 rings (SSSR count). The Kier molecular flexibility index (Phi) is 9.02. The van der Waals surface area contributed by atoms with Gasteiger partial charge in [-0.25, -0.2) is 14.2 Å². The van der Waals surface area contributed by atoms with Gasteiger partial charge in [-0.15, -0.1) is 0 Å².